The van der Waals surface area contributed by atoms with Gasteiger partial charge in [-0.1, -0.05) is 24.3 Å². The topological polar surface area (TPSA) is 59.0 Å². The number of nitrogens with zero attached hydrogens (tertiary/aromatic N) is 2. The number of benzene rings is 1. The predicted molar refractivity (Wildman–Crippen MR) is 92.7 cm³/mol. The standard InChI is InChI=1S/C17H22N4O.ClH/c1-18-16(14-10-19-21(2)11-14)17(22)20-15-8-7-12-5-3-4-6-13(12)9-15;/h3-6,10-11,15-16,18H,7-9H2,1-2H3,(H,20,22);1H. The molecule has 6 heteroatoms. The molecule has 1 aliphatic carbocycles. The predicted octanol–water partition coefficient (Wildman–Crippen LogP) is 1.78. The molecule has 0 bridgehead atoms. The van der Waals surface area contributed by atoms with Crippen molar-refractivity contribution in [3.8, 4) is 0 Å². The quantitative estimate of drug-likeness (QED) is 0.896. The van der Waals surface area contributed by atoms with Gasteiger partial charge >= 0.3 is 0 Å². The van der Waals surface area contributed by atoms with Gasteiger partial charge in [0.1, 0.15) is 6.04 Å². The van der Waals surface area contributed by atoms with Crippen LogP contribution in [0.25, 0.3) is 0 Å². The molecule has 1 amide bonds. The van der Waals surface area contributed by atoms with Crippen molar-refractivity contribution in [1.29, 1.82) is 0 Å². The molecular weight excluding hydrogens is 312 g/mol. The Morgan fingerprint density at radius 1 is 1.35 bits per heavy atom. The summed E-state index contributed by atoms with van der Waals surface area (Å²) in [6, 6.07) is 8.33. The first-order valence-electron chi connectivity index (χ1n) is 7.70. The highest BCUT2D eigenvalue weighted by atomic mass is 35.5. The summed E-state index contributed by atoms with van der Waals surface area (Å²) in [4.78, 5) is 12.6. The number of nitrogens with one attached hydrogen (secondary N) is 2. The van der Waals surface area contributed by atoms with E-state index in [1.807, 2.05) is 13.2 Å². The Bertz CT molecular complexity index is 670. The van der Waals surface area contributed by atoms with Crippen LogP contribution in [0.2, 0.25) is 0 Å². The molecule has 2 aromatic rings. The first kappa shape index (κ1) is 17.5. The Labute approximate surface area is 142 Å². The van der Waals surface area contributed by atoms with Gasteiger partial charge in [-0.2, -0.15) is 5.10 Å². The molecule has 0 saturated carbocycles. The summed E-state index contributed by atoms with van der Waals surface area (Å²) >= 11 is 0. The Morgan fingerprint density at radius 2 is 2.09 bits per heavy atom. The summed E-state index contributed by atoms with van der Waals surface area (Å²) in [5.74, 6) is 0.0138. The number of hydrogen-bond acceptors (Lipinski definition) is 3. The van der Waals surface area contributed by atoms with Crippen LogP contribution in [0.15, 0.2) is 36.7 Å². The fraction of sp³-hybridized carbons (Fsp3) is 0.412. The highest BCUT2D eigenvalue weighted by Gasteiger charge is 2.25. The highest BCUT2D eigenvalue weighted by Crippen LogP contribution is 2.22. The Hall–Kier alpha value is -1.85. The molecule has 1 heterocycles. The Balaban J connectivity index is 0.00000192. The summed E-state index contributed by atoms with van der Waals surface area (Å²) in [5, 5.41) is 10.4. The molecule has 1 aromatic heterocycles. The SMILES string of the molecule is CNC(C(=O)NC1CCc2ccccc2C1)c1cnn(C)c1.Cl. The number of halogens is 1. The lowest BCUT2D eigenvalue weighted by atomic mass is 9.88. The number of rotatable bonds is 4. The number of carbonyl (C=O) groups excluding carboxylic acids is 1. The van der Waals surface area contributed by atoms with E-state index in [0.717, 1.165) is 24.8 Å². The van der Waals surface area contributed by atoms with Crippen molar-refractivity contribution >= 4 is 18.3 Å². The van der Waals surface area contributed by atoms with Crippen LogP contribution in [0.1, 0.15) is 29.2 Å². The molecule has 3 rings (SSSR count). The molecule has 0 radical (unpaired) electrons. The minimum atomic E-state index is -0.356. The molecule has 1 aliphatic rings. The lowest BCUT2D eigenvalue weighted by Crippen LogP contribution is -2.44. The number of fused-ring (bicyclic) bond motifs is 1. The summed E-state index contributed by atoms with van der Waals surface area (Å²) in [7, 11) is 3.65. The van der Waals surface area contributed by atoms with Crippen molar-refractivity contribution in [2.24, 2.45) is 7.05 Å². The maximum atomic E-state index is 12.6. The van der Waals surface area contributed by atoms with Gasteiger partial charge in [0.2, 0.25) is 5.91 Å². The number of likely N-dealkylation sites (N-methyl/N-ethyl adjacent to an activating group) is 1. The molecule has 2 unspecified atom stereocenters. The fourth-order valence-corrected chi connectivity index (χ4v) is 3.14. The zero-order valence-electron chi connectivity index (χ0n) is 13.5. The molecular formula is C17H23ClN4O. The zero-order chi connectivity index (χ0) is 15.5. The van der Waals surface area contributed by atoms with Gasteiger partial charge in [-0.3, -0.25) is 9.48 Å². The van der Waals surface area contributed by atoms with Crippen LogP contribution in [-0.2, 0) is 24.7 Å². The third kappa shape index (κ3) is 3.92. The molecule has 2 N–H and O–H groups in total. The van der Waals surface area contributed by atoms with Crippen molar-refractivity contribution in [1.82, 2.24) is 20.4 Å². The average Bonchev–Trinajstić information content (AvgIpc) is 2.94. The van der Waals surface area contributed by atoms with Gasteiger partial charge in [-0.25, -0.2) is 0 Å². The monoisotopic (exact) mass is 334 g/mol. The van der Waals surface area contributed by atoms with Crippen LogP contribution >= 0.6 is 12.4 Å². The molecule has 5 nitrogen and oxygen atoms in total. The Morgan fingerprint density at radius 3 is 2.74 bits per heavy atom. The number of hydrogen-bond donors (Lipinski definition) is 2. The normalized spacial score (nSPS) is 17.7. The highest BCUT2D eigenvalue weighted by molar-refractivity contribution is 5.85. The third-order valence-corrected chi connectivity index (χ3v) is 4.30. The average molecular weight is 335 g/mol. The molecule has 0 spiro atoms. The number of aromatic nitrogens is 2. The van der Waals surface area contributed by atoms with Crippen LogP contribution in [0, 0.1) is 0 Å². The van der Waals surface area contributed by atoms with Gasteiger partial charge in [0.15, 0.2) is 0 Å². The molecule has 1 aromatic carbocycles. The van der Waals surface area contributed by atoms with Crippen molar-refractivity contribution < 1.29 is 4.79 Å². The summed E-state index contributed by atoms with van der Waals surface area (Å²) < 4.78 is 1.71. The maximum Gasteiger partial charge on any atom is 0.242 e. The zero-order valence-corrected chi connectivity index (χ0v) is 14.3. The van der Waals surface area contributed by atoms with E-state index in [1.54, 1.807) is 17.9 Å². The van der Waals surface area contributed by atoms with Crippen LogP contribution in [-0.4, -0.2) is 28.8 Å². The second-order valence-electron chi connectivity index (χ2n) is 5.89. The molecule has 23 heavy (non-hydrogen) atoms. The van der Waals surface area contributed by atoms with Crippen LogP contribution < -0.4 is 10.6 Å². The lowest BCUT2D eigenvalue weighted by molar-refractivity contribution is -0.124. The van der Waals surface area contributed by atoms with E-state index in [1.165, 1.54) is 11.1 Å². The maximum absolute atomic E-state index is 12.6. The molecule has 0 saturated heterocycles. The van der Waals surface area contributed by atoms with Crippen LogP contribution in [0.3, 0.4) is 0 Å². The van der Waals surface area contributed by atoms with E-state index in [4.69, 9.17) is 0 Å². The van der Waals surface area contributed by atoms with Gasteiger partial charge < -0.3 is 10.6 Å². The lowest BCUT2D eigenvalue weighted by Gasteiger charge is -2.27. The third-order valence-electron chi connectivity index (χ3n) is 4.30. The van der Waals surface area contributed by atoms with E-state index >= 15 is 0 Å². The van der Waals surface area contributed by atoms with E-state index in [9.17, 15) is 4.79 Å². The van der Waals surface area contributed by atoms with Gasteiger partial charge in [-0.15, -0.1) is 12.4 Å². The first-order chi connectivity index (χ1) is 10.7. The van der Waals surface area contributed by atoms with Gasteiger partial charge in [-0.05, 0) is 37.4 Å². The van der Waals surface area contributed by atoms with E-state index < -0.39 is 0 Å². The first-order valence-corrected chi connectivity index (χ1v) is 7.70. The van der Waals surface area contributed by atoms with Crippen LogP contribution in [0.4, 0.5) is 0 Å². The van der Waals surface area contributed by atoms with Crippen molar-refractivity contribution in [2.45, 2.75) is 31.3 Å². The molecule has 0 aliphatic heterocycles. The number of carbonyl (C=O) groups is 1. The van der Waals surface area contributed by atoms with E-state index in [2.05, 4.69) is 40.0 Å². The number of amides is 1. The smallest absolute Gasteiger partial charge is 0.242 e. The molecule has 124 valence electrons. The van der Waals surface area contributed by atoms with E-state index in [-0.39, 0.29) is 30.4 Å². The summed E-state index contributed by atoms with van der Waals surface area (Å²) in [6.07, 6.45) is 6.53. The summed E-state index contributed by atoms with van der Waals surface area (Å²) in [5.41, 5.74) is 3.64. The summed E-state index contributed by atoms with van der Waals surface area (Å²) in [6.45, 7) is 0. The van der Waals surface area contributed by atoms with Crippen molar-refractivity contribution in [3.05, 3.63) is 53.3 Å². The van der Waals surface area contributed by atoms with Gasteiger partial charge in [0.25, 0.3) is 0 Å². The minimum absolute atomic E-state index is 0. The second kappa shape index (κ2) is 7.62. The Kier molecular flexibility index (Phi) is 5.80. The van der Waals surface area contributed by atoms with Crippen LogP contribution in [0.5, 0.6) is 0 Å². The second-order valence-corrected chi connectivity index (χ2v) is 5.89. The van der Waals surface area contributed by atoms with Gasteiger partial charge in [0.05, 0.1) is 6.20 Å². The molecule has 0 fully saturated rings. The fourth-order valence-electron chi connectivity index (χ4n) is 3.14. The van der Waals surface area contributed by atoms with Crippen molar-refractivity contribution in [2.75, 3.05) is 7.05 Å². The molecule has 2 atom stereocenters. The van der Waals surface area contributed by atoms with E-state index in [0.29, 0.717) is 0 Å². The van der Waals surface area contributed by atoms with Crippen molar-refractivity contribution in [3.63, 3.8) is 0 Å². The minimum Gasteiger partial charge on any atom is -0.351 e. The van der Waals surface area contributed by atoms with Gasteiger partial charge in [0, 0.05) is 24.8 Å². The largest absolute Gasteiger partial charge is 0.351 e. The number of aryl methyl sites for hydroxylation is 2.